The van der Waals surface area contributed by atoms with Crippen LogP contribution in [0.15, 0.2) is 48.5 Å². The third kappa shape index (κ3) is 5.53. The second kappa shape index (κ2) is 9.81. The van der Waals surface area contributed by atoms with Crippen molar-refractivity contribution < 1.29 is 27.8 Å². The maximum Gasteiger partial charge on any atom is 0.416 e. The molecule has 0 aromatic heterocycles. The maximum absolute atomic E-state index is 13.1. The third-order valence-electron chi connectivity index (χ3n) is 5.50. The van der Waals surface area contributed by atoms with Gasteiger partial charge in [0.25, 0.3) is 0 Å². The summed E-state index contributed by atoms with van der Waals surface area (Å²) in [4.78, 5) is 2.34. The first kappa shape index (κ1) is 22.6. The van der Waals surface area contributed by atoms with Crippen molar-refractivity contribution in [3.05, 3.63) is 65.2 Å². The van der Waals surface area contributed by atoms with E-state index in [9.17, 15) is 18.3 Å². The van der Waals surface area contributed by atoms with Gasteiger partial charge in [-0.2, -0.15) is 13.2 Å². The van der Waals surface area contributed by atoms with E-state index in [1.165, 1.54) is 12.1 Å². The molecule has 1 N–H and O–H groups in total. The first-order chi connectivity index (χ1) is 14.3. The Kier molecular flexibility index (Phi) is 7.39. The van der Waals surface area contributed by atoms with Gasteiger partial charge >= 0.3 is 6.18 Å². The molecule has 1 aliphatic rings. The topological polar surface area (TPSA) is 41.9 Å². The fourth-order valence-corrected chi connectivity index (χ4v) is 3.66. The highest BCUT2D eigenvalue weighted by atomic mass is 19.4. The Hall–Kier alpha value is -2.09. The lowest BCUT2D eigenvalue weighted by molar-refractivity contribution is -0.137. The lowest BCUT2D eigenvalue weighted by Gasteiger charge is -2.29. The van der Waals surface area contributed by atoms with Crippen LogP contribution in [0.25, 0.3) is 0 Å². The number of nitrogens with zero attached hydrogens (tertiary/aromatic N) is 1. The Morgan fingerprint density at radius 3 is 2.30 bits per heavy atom. The van der Waals surface area contributed by atoms with E-state index >= 15 is 0 Å². The molecule has 1 unspecified atom stereocenters. The van der Waals surface area contributed by atoms with Crippen molar-refractivity contribution in [2.45, 2.75) is 31.5 Å². The molecule has 0 aliphatic carbocycles. The Labute approximate surface area is 175 Å². The molecule has 1 heterocycles. The number of alkyl halides is 3. The lowest BCUT2D eigenvalue weighted by atomic mass is 9.83. The Bertz CT molecular complexity index is 804. The van der Waals surface area contributed by atoms with Crippen LogP contribution < -0.4 is 4.74 Å². The molecule has 0 saturated carbocycles. The Morgan fingerprint density at radius 2 is 1.67 bits per heavy atom. The highest BCUT2D eigenvalue weighted by molar-refractivity contribution is 5.40. The summed E-state index contributed by atoms with van der Waals surface area (Å²) in [6.07, 6.45) is -3.32. The van der Waals surface area contributed by atoms with E-state index in [0.717, 1.165) is 51.4 Å². The van der Waals surface area contributed by atoms with Crippen molar-refractivity contribution in [2.24, 2.45) is 0 Å². The smallest absolute Gasteiger partial charge is 0.416 e. The largest absolute Gasteiger partial charge is 0.494 e. The number of hydrogen-bond donors (Lipinski definition) is 1. The molecule has 1 aliphatic heterocycles. The molecule has 0 radical (unpaired) electrons. The number of aliphatic hydroxyl groups is 1. The van der Waals surface area contributed by atoms with Crippen molar-refractivity contribution >= 4 is 0 Å². The number of hydrogen-bond acceptors (Lipinski definition) is 4. The summed E-state index contributed by atoms with van der Waals surface area (Å²) >= 11 is 0. The zero-order chi connectivity index (χ0) is 21.6. The fourth-order valence-electron chi connectivity index (χ4n) is 3.66. The normalized spacial score (nSPS) is 17.5. The molecule has 0 amide bonds. The molecule has 2 aromatic carbocycles. The summed E-state index contributed by atoms with van der Waals surface area (Å²) in [5.74, 6) is 0.670. The highest BCUT2D eigenvalue weighted by Crippen LogP contribution is 2.37. The Balaban J connectivity index is 1.63. The fraction of sp³-hybridized carbons (Fsp3) is 0.478. The molecule has 0 spiro atoms. The van der Waals surface area contributed by atoms with E-state index in [4.69, 9.17) is 9.47 Å². The zero-order valence-electron chi connectivity index (χ0n) is 17.1. The van der Waals surface area contributed by atoms with Gasteiger partial charge in [0.05, 0.1) is 25.4 Å². The molecule has 0 bridgehead atoms. The van der Waals surface area contributed by atoms with Gasteiger partial charge in [-0.05, 0) is 48.2 Å². The maximum atomic E-state index is 13.1. The van der Waals surface area contributed by atoms with E-state index in [2.05, 4.69) is 4.90 Å². The number of morpholine rings is 1. The average Bonchev–Trinajstić information content (AvgIpc) is 2.77. The third-order valence-corrected chi connectivity index (χ3v) is 5.50. The Morgan fingerprint density at radius 1 is 1.00 bits per heavy atom. The van der Waals surface area contributed by atoms with Gasteiger partial charge < -0.3 is 14.6 Å². The summed E-state index contributed by atoms with van der Waals surface area (Å²) in [5, 5.41) is 11.2. The number of halogens is 3. The summed E-state index contributed by atoms with van der Waals surface area (Å²) in [5.41, 5.74) is -1.52. The average molecular weight is 423 g/mol. The zero-order valence-corrected chi connectivity index (χ0v) is 17.1. The number of rotatable bonds is 8. The van der Waals surface area contributed by atoms with Gasteiger partial charge in [-0.1, -0.05) is 31.2 Å². The van der Waals surface area contributed by atoms with E-state index in [1.54, 1.807) is 31.2 Å². The van der Waals surface area contributed by atoms with Crippen LogP contribution in [0.1, 0.15) is 36.5 Å². The molecule has 2 aromatic rings. The highest BCUT2D eigenvalue weighted by Gasteiger charge is 2.34. The van der Waals surface area contributed by atoms with Gasteiger partial charge in [-0.3, -0.25) is 4.90 Å². The SMILES string of the molecule is CCC(O)(c1ccc(OCCCN2CCOCC2)cc1)c1cccc(C(F)(F)F)c1. The van der Waals surface area contributed by atoms with Crippen molar-refractivity contribution in [2.75, 3.05) is 39.5 Å². The van der Waals surface area contributed by atoms with Gasteiger partial charge in [0.1, 0.15) is 11.4 Å². The molecular weight excluding hydrogens is 395 g/mol. The predicted octanol–water partition coefficient (Wildman–Crippen LogP) is 4.45. The van der Waals surface area contributed by atoms with Gasteiger partial charge in [0.2, 0.25) is 0 Å². The standard InChI is InChI=1S/C23H28F3NO3/c1-2-22(28,19-5-3-6-20(17-19)23(24,25)26)18-7-9-21(10-8-18)30-14-4-11-27-12-15-29-16-13-27/h3,5-10,17,28H,2,4,11-16H2,1H3. The van der Waals surface area contributed by atoms with Gasteiger partial charge in [-0.25, -0.2) is 0 Å². The van der Waals surface area contributed by atoms with E-state index < -0.39 is 17.3 Å². The summed E-state index contributed by atoms with van der Waals surface area (Å²) < 4.78 is 50.3. The first-order valence-electron chi connectivity index (χ1n) is 10.3. The molecule has 3 rings (SSSR count). The van der Waals surface area contributed by atoms with Crippen LogP contribution in [0.5, 0.6) is 5.75 Å². The summed E-state index contributed by atoms with van der Waals surface area (Å²) in [6.45, 7) is 6.70. The van der Waals surface area contributed by atoms with Crippen LogP contribution in [-0.4, -0.2) is 49.5 Å². The van der Waals surface area contributed by atoms with E-state index in [0.29, 0.717) is 17.9 Å². The minimum atomic E-state index is -4.45. The first-order valence-corrected chi connectivity index (χ1v) is 10.3. The molecule has 7 heteroatoms. The van der Waals surface area contributed by atoms with E-state index in [1.807, 2.05) is 0 Å². The monoisotopic (exact) mass is 423 g/mol. The van der Waals surface area contributed by atoms with Crippen molar-refractivity contribution in [3.8, 4) is 5.75 Å². The van der Waals surface area contributed by atoms with Crippen molar-refractivity contribution in [1.29, 1.82) is 0 Å². The van der Waals surface area contributed by atoms with Crippen LogP contribution in [-0.2, 0) is 16.5 Å². The summed E-state index contributed by atoms with van der Waals surface area (Å²) in [7, 11) is 0. The summed E-state index contributed by atoms with van der Waals surface area (Å²) in [6, 6.07) is 11.8. The molecular formula is C23H28F3NO3. The van der Waals surface area contributed by atoms with Gasteiger partial charge in [-0.15, -0.1) is 0 Å². The van der Waals surface area contributed by atoms with Crippen LogP contribution in [0, 0.1) is 0 Å². The van der Waals surface area contributed by atoms with Crippen LogP contribution >= 0.6 is 0 Å². The second-order valence-corrected chi connectivity index (χ2v) is 7.47. The minimum absolute atomic E-state index is 0.221. The minimum Gasteiger partial charge on any atom is -0.494 e. The van der Waals surface area contributed by atoms with E-state index in [-0.39, 0.29) is 12.0 Å². The number of benzene rings is 2. The molecule has 1 fully saturated rings. The van der Waals surface area contributed by atoms with Crippen LogP contribution in [0.2, 0.25) is 0 Å². The van der Waals surface area contributed by atoms with Crippen LogP contribution in [0.3, 0.4) is 0 Å². The molecule has 4 nitrogen and oxygen atoms in total. The molecule has 30 heavy (non-hydrogen) atoms. The van der Waals surface area contributed by atoms with Crippen molar-refractivity contribution in [1.82, 2.24) is 4.90 Å². The molecule has 1 saturated heterocycles. The number of ether oxygens (including phenoxy) is 2. The van der Waals surface area contributed by atoms with Crippen LogP contribution in [0.4, 0.5) is 13.2 Å². The van der Waals surface area contributed by atoms with Gasteiger partial charge in [0.15, 0.2) is 0 Å². The lowest BCUT2D eigenvalue weighted by Crippen LogP contribution is -2.37. The van der Waals surface area contributed by atoms with Gasteiger partial charge in [0, 0.05) is 19.6 Å². The van der Waals surface area contributed by atoms with Crippen molar-refractivity contribution in [3.63, 3.8) is 0 Å². The second-order valence-electron chi connectivity index (χ2n) is 7.47. The molecule has 164 valence electrons. The predicted molar refractivity (Wildman–Crippen MR) is 109 cm³/mol. The quantitative estimate of drug-likeness (QED) is 0.637. The molecule has 1 atom stereocenters.